The first-order valence-electron chi connectivity index (χ1n) is 4.34. The number of aliphatic hydroxyl groups is 1. The summed E-state index contributed by atoms with van der Waals surface area (Å²) in [6.45, 7) is 5.14. The second-order valence-corrected chi connectivity index (χ2v) is 3.36. The van der Waals surface area contributed by atoms with Crippen LogP contribution in [0.25, 0.3) is 0 Å². The van der Waals surface area contributed by atoms with Crippen LogP contribution >= 0.6 is 0 Å². The molecular weight excluding hydrogens is 168 g/mol. The Balaban J connectivity index is 4.18. The summed E-state index contributed by atoms with van der Waals surface area (Å²) in [4.78, 5) is 11.4. The smallest absolute Gasteiger partial charge is 0.240 e. The maximum Gasteiger partial charge on any atom is 0.240 e. The third kappa shape index (κ3) is 3.43. The lowest BCUT2D eigenvalue weighted by atomic mass is 9.88. The van der Waals surface area contributed by atoms with E-state index in [9.17, 15) is 4.79 Å². The summed E-state index contributed by atoms with van der Waals surface area (Å²) in [5, 5.41) is 20.2. The number of hydrogen-bond acceptors (Lipinski definition) is 3. The average molecular weight is 184 g/mol. The van der Waals surface area contributed by atoms with E-state index in [4.69, 9.17) is 10.4 Å². The van der Waals surface area contributed by atoms with Gasteiger partial charge in [-0.15, -0.1) is 0 Å². The number of aliphatic hydroxyl groups excluding tert-OH is 1. The van der Waals surface area contributed by atoms with E-state index in [0.717, 1.165) is 0 Å². The van der Waals surface area contributed by atoms with E-state index in [1.54, 1.807) is 20.8 Å². The third-order valence-corrected chi connectivity index (χ3v) is 2.01. The standard InChI is InChI=1S/C9H16N2O2/c1-4-9(3,6-10)8(13)11-5-7(2)12/h7,12H,4-5H2,1-3H3,(H,11,13). The quantitative estimate of drug-likeness (QED) is 0.665. The summed E-state index contributed by atoms with van der Waals surface area (Å²) in [5.41, 5.74) is -0.977. The van der Waals surface area contributed by atoms with E-state index in [1.807, 2.05) is 6.07 Å². The summed E-state index contributed by atoms with van der Waals surface area (Å²) >= 11 is 0. The van der Waals surface area contributed by atoms with Crippen molar-refractivity contribution in [3.05, 3.63) is 0 Å². The summed E-state index contributed by atoms with van der Waals surface area (Å²) in [7, 11) is 0. The second kappa shape index (κ2) is 4.83. The molecule has 0 aliphatic heterocycles. The van der Waals surface area contributed by atoms with E-state index in [2.05, 4.69) is 5.32 Å². The molecule has 0 aromatic carbocycles. The molecule has 4 heteroatoms. The molecular formula is C9H16N2O2. The maximum absolute atomic E-state index is 11.4. The van der Waals surface area contributed by atoms with Crippen molar-refractivity contribution in [2.24, 2.45) is 5.41 Å². The molecule has 0 saturated carbocycles. The Morgan fingerprint density at radius 2 is 2.31 bits per heavy atom. The largest absolute Gasteiger partial charge is 0.392 e. The Morgan fingerprint density at radius 3 is 2.62 bits per heavy atom. The molecule has 0 rings (SSSR count). The lowest BCUT2D eigenvalue weighted by molar-refractivity contribution is -0.128. The number of amides is 1. The molecule has 0 fully saturated rings. The van der Waals surface area contributed by atoms with Crippen molar-refractivity contribution in [3.63, 3.8) is 0 Å². The molecule has 0 aromatic rings. The van der Waals surface area contributed by atoms with Crippen LogP contribution in [0.1, 0.15) is 27.2 Å². The lowest BCUT2D eigenvalue weighted by Gasteiger charge is -2.18. The van der Waals surface area contributed by atoms with Gasteiger partial charge in [-0.1, -0.05) is 6.92 Å². The number of nitrogens with zero attached hydrogens (tertiary/aromatic N) is 1. The molecule has 74 valence electrons. The van der Waals surface area contributed by atoms with Crippen molar-refractivity contribution in [1.82, 2.24) is 5.32 Å². The molecule has 4 nitrogen and oxygen atoms in total. The Labute approximate surface area is 78.6 Å². The van der Waals surface area contributed by atoms with Gasteiger partial charge < -0.3 is 10.4 Å². The monoisotopic (exact) mass is 184 g/mol. The molecule has 2 unspecified atom stereocenters. The van der Waals surface area contributed by atoms with Crippen molar-refractivity contribution < 1.29 is 9.90 Å². The van der Waals surface area contributed by atoms with Gasteiger partial charge in [-0.25, -0.2) is 0 Å². The zero-order valence-corrected chi connectivity index (χ0v) is 8.29. The molecule has 0 bridgehead atoms. The fourth-order valence-corrected chi connectivity index (χ4v) is 0.726. The van der Waals surface area contributed by atoms with Crippen molar-refractivity contribution in [1.29, 1.82) is 5.26 Å². The normalized spacial score (nSPS) is 16.8. The number of carbonyl (C=O) groups is 1. The first kappa shape index (κ1) is 11.9. The molecule has 1 amide bonds. The molecule has 2 atom stereocenters. The van der Waals surface area contributed by atoms with Crippen molar-refractivity contribution in [3.8, 4) is 6.07 Å². The zero-order chi connectivity index (χ0) is 10.5. The Kier molecular flexibility index (Phi) is 4.43. The predicted molar refractivity (Wildman–Crippen MR) is 48.7 cm³/mol. The Bertz CT molecular complexity index is 220. The van der Waals surface area contributed by atoms with Gasteiger partial charge in [0.15, 0.2) is 0 Å². The van der Waals surface area contributed by atoms with Crippen molar-refractivity contribution in [2.75, 3.05) is 6.54 Å². The molecule has 0 aliphatic carbocycles. The number of nitriles is 1. The number of nitrogens with one attached hydrogen (secondary N) is 1. The minimum atomic E-state index is -0.977. The highest BCUT2D eigenvalue weighted by Gasteiger charge is 2.30. The highest BCUT2D eigenvalue weighted by molar-refractivity contribution is 5.84. The second-order valence-electron chi connectivity index (χ2n) is 3.36. The number of carbonyl (C=O) groups excluding carboxylic acids is 1. The van der Waals surface area contributed by atoms with E-state index >= 15 is 0 Å². The van der Waals surface area contributed by atoms with Gasteiger partial charge in [-0.3, -0.25) is 4.79 Å². The highest BCUT2D eigenvalue weighted by atomic mass is 16.3. The van der Waals surface area contributed by atoms with Gasteiger partial charge in [0, 0.05) is 6.54 Å². The van der Waals surface area contributed by atoms with E-state index < -0.39 is 11.5 Å². The third-order valence-electron chi connectivity index (χ3n) is 2.01. The molecule has 0 heterocycles. The minimum Gasteiger partial charge on any atom is -0.392 e. The van der Waals surface area contributed by atoms with Gasteiger partial charge in [-0.05, 0) is 20.3 Å². The summed E-state index contributed by atoms with van der Waals surface area (Å²) in [6, 6.07) is 1.96. The Hall–Kier alpha value is -1.08. The first-order chi connectivity index (χ1) is 5.96. The van der Waals surface area contributed by atoms with Gasteiger partial charge in [0.1, 0.15) is 5.41 Å². The zero-order valence-electron chi connectivity index (χ0n) is 8.29. The van der Waals surface area contributed by atoms with Gasteiger partial charge in [0.2, 0.25) is 5.91 Å². The molecule has 2 N–H and O–H groups in total. The van der Waals surface area contributed by atoms with Gasteiger partial charge >= 0.3 is 0 Å². The summed E-state index contributed by atoms with van der Waals surface area (Å²) in [6.07, 6.45) is -0.112. The van der Waals surface area contributed by atoms with Gasteiger partial charge in [0.05, 0.1) is 12.2 Å². The van der Waals surface area contributed by atoms with Crippen LogP contribution < -0.4 is 5.32 Å². The SMILES string of the molecule is CCC(C)(C#N)C(=O)NCC(C)O. The fourth-order valence-electron chi connectivity index (χ4n) is 0.726. The van der Waals surface area contributed by atoms with Gasteiger partial charge in [-0.2, -0.15) is 5.26 Å². The average Bonchev–Trinajstić information content (AvgIpc) is 2.12. The van der Waals surface area contributed by atoms with Crippen LogP contribution in [0.15, 0.2) is 0 Å². The topological polar surface area (TPSA) is 73.1 Å². The van der Waals surface area contributed by atoms with Gasteiger partial charge in [0.25, 0.3) is 0 Å². The molecule has 0 radical (unpaired) electrons. The van der Waals surface area contributed by atoms with Crippen molar-refractivity contribution in [2.45, 2.75) is 33.3 Å². The minimum absolute atomic E-state index is 0.191. The van der Waals surface area contributed by atoms with Crippen LogP contribution in [-0.2, 0) is 4.79 Å². The predicted octanol–water partition coefficient (Wildman–Crippen LogP) is 0.423. The molecule has 13 heavy (non-hydrogen) atoms. The maximum atomic E-state index is 11.4. The van der Waals surface area contributed by atoms with Crippen molar-refractivity contribution >= 4 is 5.91 Å². The van der Waals surface area contributed by atoms with Crippen LogP contribution in [0.2, 0.25) is 0 Å². The van der Waals surface area contributed by atoms with Crippen LogP contribution in [0.5, 0.6) is 0 Å². The highest BCUT2D eigenvalue weighted by Crippen LogP contribution is 2.19. The lowest BCUT2D eigenvalue weighted by Crippen LogP contribution is -2.40. The van der Waals surface area contributed by atoms with Crippen LogP contribution in [0.3, 0.4) is 0 Å². The van der Waals surface area contributed by atoms with E-state index in [0.29, 0.717) is 6.42 Å². The Morgan fingerprint density at radius 1 is 1.77 bits per heavy atom. The fraction of sp³-hybridized carbons (Fsp3) is 0.778. The molecule has 0 spiro atoms. The first-order valence-corrected chi connectivity index (χ1v) is 4.34. The van der Waals surface area contributed by atoms with Crippen LogP contribution in [-0.4, -0.2) is 23.7 Å². The molecule has 0 aromatic heterocycles. The molecule has 0 saturated heterocycles. The summed E-state index contributed by atoms with van der Waals surface area (Å²) < 4.78 is 0. The summed E-state index contributed by atoms with van der Waals surface area (Å²) in [5.74, 6) is -0.321. The van der Waals surface area contributed by atoms with E-state index in [1.165, 1.54) is 0 Å². The number of hydrogen-bond donors (Lipinski definition) is 2. The van der Waals surface area contributed by atoms with E-state index in [-0.39, 0.29) is 12.5 Å². The molecule has 0 aliphatic rings. The number of rotatable bonds is 4. The van der Waals surface area contributed by atoms with Crippen LogP contribution in [0, 0.1) is 16.7 Å². The van der Waals surface area contributed by atoms with Crippen LogP contribution in [0.4, 0.5) is 0 Å².